The third-order valence-corrected chi connectivity index (χ3v) is 5.16. The van der Waals surface area contributed by atoms with Crippen LogP contribution in [0.5, 0.6) is 0 Å². The van der Waals surface area contributed by atoms with Crippen LogP contribution < -0.4 is 10.6 Å². The Hall–Kier alpha value is -2.88. The van der Waals surface area contributed by atoms with Crippen molar-refractivity contribution in [1.82, 2.24) is 25.4 Å². The summed E-state index contributed by atoms with van der Waals surface area (Å²) in [6, 6.07) is 9.14. The molecule has 0 amide bonds. The molecule has 1 aromatic carbocycles. The molecule has 0 aliphatic heterocycles. The van der Waals surface area contributed by atoms with Gasteiger partial charge in [-0.15, -0.1) is 21.5 Å². The standard InChI is InChI=1S/C19H21F3N6S/c1-13-26-27-17(28(13)2)12-25-18(24-11-16-7-4-8-29-16)23-10-14-5-3-6-15(9-14)19(20,21)22/h3-9H,10-12H2,1-2H3,(H2,23,24,25). The van der Waals surface area contributed by atoms with E-state index < -0.39 is 11.7 Å². The van der Waals surface area contributed by atoms with Crippen LogP contribution in [-0.4, -0.2) is 20.7 Å². The van der Waals surface area contributed by atoms with Crippen LogP contribution in [0.3, 0.4) is 0 Å². The number of aliphatic imine (C=N–C) groups is 1. The molecule has 2 heterocycles. The molecule has 0 saturated carbocycles. The summed E-state index contributed by atoms with van der Waals surface area (Å²) in [6.45, 7) is 2.91. The first-order valence-corrected chi connectivity index (χ1v) is 9.76. The van der Waals surface area contributed by atoms with Gasteiger partial charge >= 0.3 is 6.18 Å². The Bertz CT molecular complexity index is 963. The van der Waals surface area contributed by atoms with Crippen LogP contribution in [0.1, 0.15) is 27.7 Å². The van der Waals surface area contributed by atoms with Gasteiger partial charge in [-0.1, -0.05) is 18.2 Å². The average molecular weight is 422 g/mol. The molecule has 6 nitrogen and oxygen atoms in total. The maximum Gasteiger partial charge on any atom is 0.416 e. The third kappa shape index (κ3) is 5.80. The molecule has 0 spiro atoms. The monoisotopic (exact) mass is 422 g/mol. The Morgan fingerprint density at radius 2 is 1.93 bits per heavy atom. The number of thiophene rings is 1. The number of hydrogen-bond donors (Lipinski definition) is 2. The highest BCUT2D eigenvalue weighted by atomic mass is 32.1. The van der Waals surface area contributed by atoms with Crippen molar-refractivity contribution in [2.24, 2.45) is 12.0 Å². The van der Waals surface area contributed by atoms with E-state index in [0.29, 0.717) is 24.6 Å². The Morgan fingerprint density at radius 3 is 2.59 bits per heavy atom. The lowest BCUT2D eigenvalue weighted by atomic mass is 10.1. The minimum absolute atomic E-state index is 0.113. The van der Waals surface area contributed by atoms with Crippen molar-refractivity contribution in [3.63, 3.8) is 0 Å². The zero-order valence-corrected chi connectivity index (χ0v) is 16.8. The van der Waals surface area contributed by atoms with E-state index in [-0.39, 0.29) is 6.54 Å². The first kappa shape index (κ1) is 20.8. The molecule has 2 aromatic heterocycles. The van der Waals surface area contributed by atoms with Crippen LogP contribution in [0.2, 0.25) is 0 Å². The molecule has 0 atom stereocenters. The summed E-state index contributed by atoms with van der Waals surface area (Å²) in [5.41, 5.74) is -0.202. The van der Waals surface area contributed by atoms with E-state index in [4.69, 9.17) is 0 Å². The van der Waals surface area contributed by atoms with Crippen molar-refractivity contribution in [3.8, 4) is 0 Å². The molecule has 2 N–H and O–H groups in total. The van der Waals surface area contributed by atoms with Gasteiger partial charge in [0.2, 0.25) is 0 Å². The topological polar surface area (TPSA) is 67.1 Å². The minimum Gasteiger partial charge on any atom is -0.351 e. The number of rotatable bonds is 6. The smallest absolute Gasteiger partial charge is 0.351 e. The van der Waals surface area contributed by atoms with E-state index in [9.17, 15) is 13.2 Å². The van der Waals surface area contributed by atoms with E-state index in [1.165, 1.54) is 6.07 Å². The molecule has 0 radical (unpaired) electrons. The molecule has 0 aliphatic carbocycles. The molecule has 3 rings (SSSR count). The highest BCUT2D eigenvalue weighted by molar-refractivity contribution is 7.09. The maximum atomic E-state index is 12.9. The lowest BCUT2D eigenvalue weighted by molar-refractivity contribution is -0.137. The van der Waals surface area contributed by atoms with Gasteiger partial charge in [0.25, 0.3) is 0 Å². The second-order valence-corrected chi connectivity index (χ2v) is 7.40. The SMILES string of the molecule is Cc1nnc(CNC(=NCc2cccc(C(F)(F)F)c2)NCc2cccs2)n1C. The summed E-state index contributed by atoms with van der Waals surface area (Å²) >= 11 is 1.61. The second kappa shape index (κ2) is 9.08. The van der Waals surface area contributed by atoms with Crippen LogP contribution in [0.4, 0.5) is 13.2 Å². The number of hydrogen-bond acceptors (Lipinski definition) is 4. The van der Waals surface area contributed by atoms with E-state index in [2.05, 4.69) is 25.8 Å². The Labute approximate surface area is 170 Å². The number of aryl methyl sites for hydroxylation is 1. The summed E-state index contributed by atoms with van der Waals surface area (Å²) in [4.78, 5) is 5.56. The number of aromatic nitrogens is 3. The fourth-order valence-corrected chi connectivity index (χ4v) is 3.19. The van der Waals surface area contributed by atoms with E-state index >= 15 is 0 Å². The summed E-state index contributed by atoms with van der Waals surface area (Å²) in [5.74, 6) is 2.00. The van der Waals surface area contributed by atoms with Gasteiger partial charge in [-0.25, -0.2) is 4.99 Å². The van der Waals surface area contributed by atoms with Crippen molar-refractivity contribution < 1.29 is 13.2 Å². The quantitative estimate of drug-likeness (QED) is 0.470. The number of nitrogens with zero attached hydrogens (tertiary/aromatic N) is 4. The molecular weight excluding hydrogens is 401 g/mol. The number of guanidine groups is 1. The van der Waals surface area contributed by atoms with E-state index in [1.54, 1.807) is 17.4 Å². The zero-order valence-electron chi connectivity index (χ0n) is 16.0. The molecule has 3 aromatic rings. The summed E-state index contributed by atoms with van der Waals surface area (Å²) in [7, 11) is 1.87. The Morgan fingerprint density at radius 1 is 1.14 bits per heavy atom. The molecule has 0 saturated heterocycles. The van der Waals surface area contributed by atoms with Gasteiger partial charge in [0, 0.05) is 11.9 Å². The van der Waals surface area contributed by atoms with Crippen LogP contribution >= 0.6 is 11.3 Å². The lowest BCUT2D eigenvalue weighted by Crippen LogP contribution is -2.37. The number of benzene rings is 1. The first-order valence-electron chi connectivity index (χ1n) is 8.88. The molecule has 0 fully saturated rings. The first-order chi connectivity index (χ1) is 13.8. The predicted octanol–water partition coefficient (Wildman–Crippen LogP) is 3.64. The average Bonchev–Trinajstić information content (AvgIpc) is 3.32. The highest BCUT2D eigenvalue weighted by Crippen LogP contribution is 2.29. The van der Waals surface area contributed by atoms with Gasteiger partial charge in [-0.2, -0.15) is 13.2 Å². The predicted molar refractivity (Wildman–Crippen MR) is 106 cm³/mol. The van der Waals surface area contributed by atoms with Gasteiger partial charge < -0.3 is 15.2 Å². The Balaban J connectivity index is 1.71. The van der Waals surface area contributed by atoms with E-state index in [0.717, 1.165) is 28.7 Å². The van der Waals surface area contributed by atoms with Gasteiger partial charge in [-0.3, -0.25) is 0 Å². The molecule has 0 unspecified atom stereocenters. The maximum absolute atomic E-state index is 12.9. The molecule has 154 valence electrons. The summed E-state index contributed by atoms with van der Waals surface area (Å²) < 4.78 is 40.6. The molecule has 10 heteroatoms. The van der Waals surface area contributed by atoms with Gasteiger partial charge in [0.15, 0.2) is 11.8 Å². The fourth-order valence-electron chi connectivity index (χ4n) is 2.54. The molecular formula is C19H21F3N6S. The van der Waals surface area contributed by atoms with Crippen molar-refractivity contribution in [1.29, 1.82) is 0 Å². The number of alkyl halides is 3. The van der Waals surface area contributed by atoms with Gasteiger partial charge in [0.05, 0.1) is 25.2 Å². The van der Waals surface area contributed by atoms with Crippen LogP contribution in [0, 0.1) is 6.92 Å². The lowest BCUT2D eigenvalue weighted by Gasteiger charge is -2.12. The molecule has 0 bridgehead atoms. The van der Waals surface area contributed by atoms with Crippen LogP contribution in [-0.2, 0) is 32.9 Å². The van der Waals surface area contributed by atoms with Gasteiger partial charge in [0.1, 0.15) is 5.82 Å². The largest absolute Gasteiger partial charge is 0.416 e. The van der Waals surface area contributed by atoms with Crippen LogP contribution in [0.15, 0.2) is 46.8 Å². The number of nitrogens with one attached hydrogen (secondary N) is 2. The third-order valence-electron chi connectivity index (χ3n) is 4.28. The van der Waals surface area contributed by atoms with Crippen molar-refractivity contribution in [3.05, 3.63) is 69.4 Å². The normalized spacial score (nSPS) is 12.2. The fraction of sp³-hybridized carbons (Fsp3) is 0.316. The highest BCUT2D eigenvalue weighted by Gasteiger charge is 2.30. The second-order valence-electron chi connectivity index (χ2n) is 6.37. The summed E-state index contributed by atoms with van der Waals surface area (Å²) in [6.07, 6.45) is -4.37. The minimum atomic E-state index is -4.37. The van der Waals surface area contributed by atoms with Crippen molar-refractivity contribution in [2.75, 3.05) is 0 Å². The Kier molecular flexibility index (Phi) is 6.53. The van der Waals surface area contributed by atoms with Crippen molar-refractivity contribution >= 4 is 17.3 Å². The van der Waals surface area contributed by atoms with E-state index in [1.807, 2.05) is 36.1 Å². The molecule has 29 heavy (non-hydrogen) atoms. The zero-order chi connectivity index (χ0) is 20.9. The van der Waals surface area contributed by atoms with Gasteiger partial charge in [-0.05, 0) is 36.1 Å². The summed E-state index contributed by atoms with van der Waals surface area (Å²) in [5, 5.41) is 16.5. The molecule has 0 aliphatic rings. The number of halogens is 3. The van der Waals surface area contributed by atoms with Crippen molar-refractivity contribution in [2.45, 2.75) is 32.7 Å². The van der Waals surface area contributed by atoms with Crippen LogP contribution in [0.25, 0.3) is 0 Å².